The molecule has 6 bridgehead atoms. The number of hydrogen-bond donors (Lipinski definition) is 19. The average Bonchev–Trinajstić information content (AvgIpc) is 3.53. The van der Waals surface area contributed by atoms with Gasteiger partial charge in [0.05, 0.1) is 40.3 Å². The lowest BCUT2D eigenvalue weighted by molar-refractivity contribution is -0.341. The van der Waals surface area contributed by atoms with Crippen LogP contribution in [0.15, 0.2) is 18.2 Å². The van der Waals surface area contributed by atoms with Crippen molar-refractivity contribution in [2.24, 2.45) is 0 Å². The summed E-state index contributed by atoms with van der Waals surface area (Å²) < 4.78 is 34.0. The summed E-state index contributed by atoms with van der Waals surface area (Å²) in [6, 6.07) is 0.916. The Balaban J connectivity index is 1.39. The van der Waals surface area contributed by atoms with Crippen LogP contribution in [-0.4, -0.2) is 189 Å². The van der Waals surface area contributed by atoms with Crippen LogP contribution in [0, 0.1) is 0 Å². The fourth-order valence-electron chi connectivity index (χ4n) is 9.99. The number of carbonyl (C=O) groups excluding carboxylic acids is 5. The first-order chi connectivity index (χ1) is 35.7. The Labute approximate surface area is 417 Å². The maximum absolute atomic E-state index is 15.5. The van der Waals surface area contributed by atoms with Gasteiger partial charge < -0.3 is 125 Å². The van der Waals surface area contributed by atoms with Gasteiger partial charge in [0.25, 0.3) is 0 Å². The second-order valence-corrected chi connectivity index (χ2v) is 17.6. The third-order valence-corrected chi connectivity index (χ3v) is 13.6. The summed E-state index contributed by atoms with van der Waals surface area (Å²) in [5.41, 5.74) is -16.3. The Morgan fingerprint density at radius 2 is 0.789 bits per heavy atom. The third kappa shape index (κ3) is 6.61. The number of fused-ring (bicyclic) bond motifs is 7. The molecule has 9 atom stereocenters. The van der Waals surface area contributed by atoms with Gasteiger partial charge in [0.15, 0.2) is 81.9 Å². The van der Waals surface area contributed by atoms with Crippen molar-refractivity contribution < 1.29 is 149 Å². The van der Waals surface area contributed by atoms with E-state index >= 15 is 9.59 Å². The predicted octanol–water partition coefficient (Wildman–Crippen LogP) is -0.830. The Morgan fingerprint density at radius 1 is 0.395 bits per heavy atom. The van der Waals surface area contributed by atoms with Crippen molar-refractivity contribution in [1.82, 2.24) is 0 Å². The van der Waals surface area contributed by atoms with Crippen LogP contribution in [0.1, 0.15) is 63.3 Å². The van der Waals surface area contributed by atoms with Gasteiger partial charge in [-0.1, -0.05) is 0 Å². The summed E-state index contributed by atoms with van der Waals surface area (Å²) in [6.45, 7) is -2.84. The molecule has 76 heavy (non-hydrogen) atoms. The largest absolute Gasteiger partial charge is 0.504 e. The zero-order valence-corrected chi connectivity index (χ0v) is 37.3. The van der Waals surface area contributed by atoms with Gasteiger partial charge in [-0.2, -0.15) is 0 Å². The van der Waals surface area contributed by atoms with Gasteiger partial charge in [-0.25, -0.2) is 24.0 Å². The number of rotatable bonds is 1. The molecule has 6 heterocycles. The van der Waals surface area contributed by atoms with Crippen molar-refractivity contribution in [2.45, 2.75) is 54.4 Å². The van der Waals surface area contributed by atoms with E-state index in [1.165, 1.54) is 0 Å². The molecule has 5 aromatic rings. The second kappa shape index (κ2) is 16.6. The van der Waals surface area contributed by atoms with E-state index in [0.29, 0.717) is 6.07 Å². The van der Waals surface area contributed by atoms with Crippen LogP contribution in [0.3, 0.4) is 0 Å². The highest BCUT2D eigenvalue weighted by Gasteiger charge is 2.65. The highest BCUT2D eigenvalue weighted by Crippen LogP contribution is 2.63. The molecule has 6 aliphatic rings. The monoisotopic (exact) mass is 1070 g/mol. The van der Waals surface area contributed by atoms with Crippen molar-refractivity contribution in [3.63, 3.8) is 0 Å². The molecule has 0 radical (unpaired) electrons. The normalized spacial score (nSPS) is 25.7. The highest BCUT2D eigenvalue weighted by atomic mass is 16.7. The van der Waals surface area contributed by atoms with E-state index in [9.17, 15) is 111 Å². The lowest BCUT2D eigenvalue weighted by Gasteiger charge is -2.51. The zero-order valence-electron chi connectivity index (χ0n) is 37.3. The zero-order chi connectivity index (χ0) is 55.4. The number of aromatic hydroxyl groups is 15. The first kappa shape index (κ1) is 49.8. The molecule has 0 amide bonds. The fourth-order valence-corrected chi connectivity index (χ4v) is 9.99. The van der Waals surface area contributed by atoms with Crippen LogP contribution < -0.4 is 0 Å². The van der Waals surface area contributed by atoms with Gasteiger partial charge in [0.1, 0.15) is 24.9 Å². The molecule has 0 aromatic heterocycles. The summed E-state index contributed by atoms with van der Waals surface area (Å²) in [6.07, 6.45) is -19.3. The number of phenolic OH excluding ortho intramolecular Hbond substituents is 15. The number of esters is 5. The molecule has 5 aromatic carbocycles. The minimum atomic E-state index is -3.72. The lowest BCUT2D eigenvalue weighted by atomic mass is 9.71. The SMILES string of the molecule is O=C1OC[C@H]2OC(=O)c3cc(O)c(O)c(O)c3-c3c(O)c(O)c(O)c4c3C(=O)O[C@@H]([C@@H]2OC(=O)c2cc(O)c(O)c(O)c2-c2c1cc(O)c(O)c2O)[C@H]1OC(=O)c2c-4c(O)c(O)c(O)c2C1[C@@]1(O)OC[C@H](O)[C@@H](O)[C@H]1O. The van der Waals surface area contributed by atoms with Crippen molar-refractivity contribution in [3.8, 4) is 120 Å². The predicted molar refractivity (Wildman–Crippen MR) is 233 cm³/mol. The van der Waals surface area contributed by atoms with Crippen molar-refractivity contribution in [1.29, 1.82) is 0 Å². The maximum atomic E-state index is 15.5. The summed E-state index contributed by atoms with van der Waals surface area (Å²) in [7, 11) is 0. The van der Waals surface area contributed by atoms with Gasteiger partial charge in [-0.15, -0.1) is 0 Å². The van der Waals surface area contributed by atoms with Crippen LogP contribution in [-0.2, 0) is 28.4 Å². The number of aliphatic hydroxyl groups excluding tert-OH is 3. The molecule has 1 fully saturated rings. The van der Waals surface area contributed by atoms with E-state index in [-0.39, 0.29) is 12.1 Å². The molecule has 1 unspecified atom stereocenters. The summed E-state index contributed by atoms with van der Waals surface area (Å²) >= 11 is 0. The van der Waals surface area contributed by atoms with Crippen molar-refractivity contribution in [3.05, 3.63) is 51.6 Å². The van der Waals surface area contributed by atoms with E-state index in [4.69, 9.17) is 28.4 Å². The quantitative estimate of drug-likeness (QED) is 0.0553. The minimum Gasteiger partial charge on any atom is -0.504 e. The number of phenols is 15. The van der Waals surface area contributed by atoms with Gasteiger partial charge in [-0.3, -0.25) is 0 Å². The third-order valence-electron chi connectivity index (χ3n) is 13.6. The standard InChI is InChI=1S/C46H34O30/c47-9-1-6-14(28(55)24(9)51)15-7(2-10(48)25(52)29(15)56)43(67)74-37-13(5-71-41(6)65)73-42(66)8-3-11(49)26(53)30(57)16(8)17-20-18(32(59)35(62)31(17)58)19-21-22(34(61)36(63)33(19)60)23(38(75-45(21)69)39(37)76-44(20)68)46(70)40(64)27(54)12(50)4-72-46/h1-3,12-13,23,27,37-40,47-64,70H,4-5H2/t12-,13+,23?,27+,37+,38-,39-,40+,46+/m0/s1. The van der Waals surface area contributed by atoms with Gasteiger partial charge in [0.2, 0.25) is 34.5 Å². The first-order valence-corrected chi connectivity index (χ1v) is 21.5. The number of benzene rings is 5. The Bertz CT molecular complexity index is 3510. The number of aliphatic hydroxyl groups is 4. The van der Waals surface area contributed by atoms with Gasteiger partial charge in [-0.05, 0) is 18.2 Å². The smallest absolute Gasteiger partial charge is 0.340 e. The van der Waals surface area contributed by atoms with E-state index in [2.05, 4.69) is 0 Å². The second-order valence-electron chi connectivity index (χ2n) is 17.6. The first-order valence-electron chi connectivity index (χ1n) is 21.5. The van der Waals surface area contributed by atoms with E-state index in [1.54, 1.807) is 0 Å². The van der Waals surface area contributed by atoms with E-state index in [1.807, 2.05) is 0 Å². The molecule has 19 N–H and O–H groups in total. The number of hydrogen-bond acceptors (Lipinski definition) is 30. The van der Waals surface area contributed by atoms with E-state index in [0.717, 1.165) is 0 Å². The highest BCUT2D eigenvalue weighted by molar-refractivity contribution is 6.16. The molecule has 30 heteroatoms. The summed E-state index contributed by atoms with van der Waals surface area (Å²) in [5.74, 6) is -40.7. The maximum Gasteiger partial charge on any atom is 0.340 e. The molecule has 6 aliphatic heterocycles. The van der Waals surface area contributed by atoms with Crippen LogP contribution in [0.5, 0.6) is 86.2 Å². The molecule has 1 saturated heterocycles. The van der Waals surface area contributed by atoms with E-state index < -0.39 is 250 Å². The lowest BCUT2D eigenvalue weighted by Crippen LogP contribution is -2.68. The molecule has 11 rings (SSSR count). The van der Waals surface area contributed by atoms with Crippen LogP contribution in [0.25, 0.3) is 33.4 Å². The summed E-state index contributed by atoms with van der Waals surface area (Å²) in [5, 5.41) is 214. The molecule has 0 saturated carbocycles. The Hall–Kier alpha value is -9.75. The molecular formula is C46H34O30. The Morgan fingerprint density at radius 3 is 1.32 bits per heavy atom. The van der Waals surface area contributed by atoms with Gasteiger partial charge in [0, 0.05) is 38.9 Å². The number of cyclic esters (lactones) is 1. The molecular weight excluding hydrogens is 1030 g/mol. The Kier molecular flexibility index (Phi) is 10.9. The minimum absolute atomic E-state index is 0.271. The van der Waals surface area contributed by atoms with Crippen molar-refractivity contribution >= 4 is 29.8 Å². The summed E-state index contributed by atoms with van der Waals surface area (Å²) in [4.78, 5) is 74.4. The molecule has 398 valence electrons. The van der Waals surface area contributed by atoms with Crippen molar-refractivity contribution in [2.75, 3.05) is 13.2 Å². The average molecular weight is 1070 g/mol. The van der Waals surface area contributed by atoms with Gasteiger partial charge >= 0.3 is 29.8 Å². The number of ether oxygens (including phenoxy) is 6. The van der Waals surface area contributed by atoms with Crippen LogP contribution in [0.4, 0.5) is 0 Å². The molecule has 0 aliphatic carbocycles. The molecule has 0 spiro atoms. The molecule has 30 nitrogen and oxygen atoms in total. The van der Waals surface area contributed by atoms with Crippen LogP contribution in [0.2, 0.25) is 0 Å². The fraction of sp³-hybridized carbons (Fsp3) is 0.239. The number of carbonyl (C=O) groups is 5. The topological polar surface area (TPSA) is 525 Å². The van der Waals surface area contributed by atoms with Crippen LogP contribution >= 0.6 is 0 Å².